The number of anilines is 1. The molecule has 19 atom stereocenters. The molecule has 2 unspecified atom stereocenters. The van der Waals surface area contributed by atoms with Gasteiger partial charge in [0.25, 0.3) is 0 Å². The number of esters is 1. The van der Waals surface area contributed by atoms with Crippen LogP contribution in [0.2, 0.25) is 0 Å². The Morgan fingerprint density at radius 2 is 1.60 bits per heavy atom. The molecule has 2 aromatic heterocycles. The first-order valence-electron chi connectivity index (χ1n) is 29.9. The summed E-state index contributed by atoms with van der Waals surface area (Å²) in [6.45, 7) is 18.4. The molecule has 0 saturated carbocycles. The predicted molar refractivity (Wildman–Crippen MR) is 310 cm³/mol. The number of ketones is 1. The number of halogens is 1. The molecule has 0 spiro atoms. The van der Waals surface area contributed by atoms with E-state index in [4.69, 9.17) is 53.1 Å². The first-order valence-corrected chi connectivity index (χ1v) is 29.9. The number of nitrogen functional groups attached to an aromatic ring is 1. The fourth-order valence-electron chi connectivity index (χ4n) is 14.1. The smallest absolute Gasteiger partial charge is 0.411 e. The third-order valence-corrected chi connectivity index (χ3v) is 18.8. The molecule has 1 aromatic carbocycles. The van der Waals surface area contributed by atoms with Crippen molar-refractivity contribution in [1.29, 1.82) is 0 Å². The standard InChI is InChI=1S/C61H95FN8O15/c1-16-47-60(10)52(69(57(74)85-60)23-24-80-26-25-76-12)39(6)50(71)35(2)29-58(8,78-14)54(37(4)49(38(5)55(73)82-47)61(75)34-59(9,79-15)53(72)40(7)84-61)83-48-28-45(27-36(3)81-48)68(11)22-21-44-33-70(67-66-44)46(30-62)51(77-13)42-19-17-41(18-20-42)43-31-64-56(63)65-32-43/h17-20,31-33,35-40,45-49,51-54,72,75H,16,21-30,34H2,1-15H3,(H2,63,64,65)/t35-,36-,37+,38-,39+,40+,45+,46-,47-,48+,49?,51-,52-,53+,54-,58-,59-,60-,61?/m1/s1. The van der Waals surface area contributed by atoms with Crippen LogP contribution in [0.1, 0.15) is 125 Å². The Morgan fingerprint density at radius 1 is 0.918 bits per heavy atom. The van der Waals surface area contributed by atoms with E-state index in [0.717, 1.165) is 16.7 Å². The lowest BCUT2D eigenvalue weighted by atomic mass is 9.66. The highest BCUT2D eigenvalue weighted by molar-refractivity contribution is 5.85. The summed E-state index contributed by atoms with van der Waals surface area (Å²) in [5.41, 5.74) is 4.55. The molecular formula is C61H95FN8O15. The van der Waals surface area contributed by atoms with E-state index in [9.17, 15) is 15.0 Å². The number of fused-ring (bicyclic) bond motifs is 1. The summed E-state index contributed by atoms with van der Waals surface area (Å²) < 4.78 is 79.2. The quantitative estimate of drug-likeness (QED) is 0.0732. The van der Waals surface area contributed by atoms with Crippen molar-refractivity contribution >= 4 is 23.8 Å². The monoisotopic (exact) mass is 1200 g/mol. The number of ether oxygens (including phenoxy) is 10. The van der Waals surface area contributed by atoms with Crippen molar-refractivity contribution in [3.05, 3.63) is 54.1 Å². The number of aliphatic hydroxyl groups excluding tert-OH is 1. The van der Waals surface area contributed by atoms with Crippen LogP contribution in [0, 0.1) is 29.6 Å². The van der Waals surface area contributed by atoms with Gasteiger partial charge in [-0.15, -0.1) is 5.10 Å². The number of benzene rings is 1. The van der Waals surface area contributed by atoms with Gasteiger partial charge in [-0.05, 0) is 78.0 Å². The van der Waals surface area contributed by atoms with Gasteiger partial charge in [0, 0.05) is 109 Å². The van der Waals surface area contributed by atoms with Crippen LogP contribution < -0.4 is 5.73 Å². The van der Waals surface area contributed by atoms with Gasteiger partial charge >= 0.3 is 12.1 Å². The summed E-state index contributed by atoms with van der Waals surface area (Å²) in [6, 6.07) is 5.75. The summed E-state index contributed by atoms with van der Waals surface area (Å²) in [7, 11) is 8.11. The average molecular weight is 1200 g/mol. The second kappa shape index (κ2) is 28.5. The molecule has 4 N–H and O–H groups in total. The number of nitrogens with two attached hydrogens (primary N) is 1. The Kier molecular flexibility index (Phi) is 22.7. The van der Waals surface area contributed by atoms with Crippen LogP contribution in [0.4, 0.5) is 15.1 Å². The number of nitrogens with zero attached hydrogens (tertiary/aromatic N) is 7. The Hall–Kier alpha value is -4.86. The Morgan fingerprint density at radius 3 is 2.22 bits per heavy atom. The van der Waals surface area contributed by atoms with E-state index >= 15 is 14.0 Å². The fourth-order valence-corrected chi connectivity index (χ4v) is 14.1. The third kappa shape index (κ3) is 14.7. The van der Waals surface area contributed by atoms with E-state index in [-0.39, 0.29) is 62.9 Å². The van der Waals surface area contributed by atoms with Crippen molar-refractivity contribution in [2.24, 2.45) is 29.6 Å². The summed E-state index contributed by atoms with van der Waals surface area (Å²) in [5.74, 6) is -7.62. The van der Waals surface area contributed by atoms with Gasteiger partial charge in [-0.3, -0.25) is 14.5 Å². The first-order chi connectivity index (χ1) is 40.2. The number of methoxy groups -OCH3 is 4. The number of likely N-dealkylation sites (N-methyl/N-ethyl adjacent to an activating group) is 1. The number of aliphatic hydroxyl groups is 2. The van der Waals surface area contributed by atoms with Crippen molar-refractivity contribution in [2.75, 3.05) is 80.8 Å². The summed E-state index contributed by atoms with van der Waals surface area (Å²) in [4.78, 5) is 56.4. The first kappa shape index (κ1) is 67.6. The number of Topliss-reactive ketones (excluding diaryl/α,β-unsaturated/α-hetero) is 1. The van der Waals surface area contributed by atoms with Gasteiger partial charge in [0.05, 0.1) is 67.0 Å². The average Bonchev–Trinajstić information content (AvgIpc) is 1.97. The van der Waals surface area contributed by atoms with E-state index in [1.165, 1.54) is 23.8 Å². The fraction of sp³-hybridized carbons (Fsp3) is 0.754. The number of amides is 1. The molecule has 23 nitrogen and oxygen atoms in total. The third-order valence-electron chi connectivity index (χ3n) is 18.8. The molecule has 4 saturated heterocycles. The number of carbonyl (C=O) groups excluding carboxylic acids is 3. The molecule has 85 heavy (non-hydrogen) atoms. The van der Waals surface area contributed by atoms with E-state index < -0.39 is 120 Å². The maximum atomic E-state index is 15.2. The van der Waals surface area contributed by atoms with Crippen molar-refractivity contribution in [3.8, 4) is 11.1 Å². The molecule has 0 bridgehead atoms. The van der Waals surface area contributed by atoms with Crippen molar-refractivity contribution in [1.82, 2.24) is 34.8 Å². The molecular weight excluding hydrogens is 1100 g/mol. The van der Waals surface area contributed by atoms with Gasteiger partial charge in [0.1, 0.15) is 36.8 Å². The minimum atomic E-state index is -2.17. The summed E-state index contributed by atoms with van der Waals surface area (Å²) in [6.07, 6.45) is -0.136. The molecule has 24 heteroatoms. The topological polar surface area (TPSA) is 273 Å². The highest BCUT2D eigenvalue weighted by Gasteiger charge is 2.63. The van der Waals surface area contributed by atoms with Crippen molar-refractivity contribution in [3.63, 3.8) is 0 Å². The lowest BCUT2D eigenvalue weighted by Gasteiger charge is -2.55. The lowest BCUT2D eigenvalue weighted by Crippen LogP contribution is -2.66. The van der Waals surface area contributed by atoms with Crippen LogP contribution in [-0.2, 0) is 63.4 Å². The molecule has 476 valence electrons. The van der Waals surface area contributed by atoms with Gasteiger partial charge in [0.2, 0.25) is 5.95 Å². The number of rotatable bonds is 22. The zero-order valence-electron chi connectivity index (χ0n) is 52.5. The largest absolute Gasteiger partial charge is 0.458 e. The molecule has 6 heterocycles. The molecule has 0 aliphatic carbocycles. The van der Waals surface area contributed by atoms with Gasteiger partial charge in [-0.2, -0.15) is 0 Å². The Bertz CT molecular complexity index is 2660. The lowest BCUT2D eigenvalue weighted by molar-refractivity contribution is -0.358. The normalized spacial score (nSPS) is 35.9. The summed E-state index contributed by atoms with van der Waals surface area (Å²) >= 11 is 0. The predicted octanol–water partition coefficient (Wildman–Crippen LogP) is 6.33. The maximum Gasteiger partial charge on any atom is 0.411 e. The second-order valence-corrected chi connectivity index (χ2v) is 24.7. The molecule has 4 fully saturated rings. The second-order valence-electron chi connectivity index (χ2n) is 24.7. The number of hydrogen-bond donors (Lipinski definition) is 3. The Labute approximate surface area is 500 Å². The maximum absolute atomic E-state index is 15.2. The van der Waals surface area contributed by atoms with E-state index in [2.05, 4.69) is 25.2 Å². The van der Waals surface area contributed by atoms with Gasteiger partial charge < -0.3 is 68.2 Å². The minimum absolute atomic E-state index is 0.0859. The SMILES string of the molecule is CC[C@H]1OC(=O)[C@H](C)C(C2(O)C[C@@](C)(OC)[C@@H](O)[C@H](C)O2)[C@H](C)[C@@H](O[C@H]2C[C@@H](N(C)CCc3cn([C@H](CF)[C@H](OC)c4ccc(-c5cnc(N)nc5)cc4)nn3)C[C@@H](C)O2)[C@](C)(OC)C[C@@H](C)C(=O)[C@H](C)[C@H]2N(CCOCCOC)C(=O)O[C@]12C. The van der Waals surface area contributed by atoms with Gasteiger partial charge in [-0.25, -0.2) is 23.8 Å². The van der Waals surface area contributed by atoms with Crippen LogP contribution in [-0.4, -0.2) is 209 Å². The van der Waals surface area contributed by atoms with Crippen LogP contribution in [0.5, 0.6) is 0 Å². The zero-order chi connectivity index (χ0) is 62.3. The number of cyclic esters (lactones) is 1. The molecule has 7 rings (SSSR count). The van der Waals surface area contributed by atoms with Crippen LogP contribution in [0.3, 0.4) is 0 Å². The van der Waals surface area contributed by atoms with E-state index in [0.29, 0.717) is 38.1 Å². The van der Waals surface area contributed by atoms with Crippen molar-refractivity contribution < 1.29 is 76.4 Å². The summed E-state index contributed by atoms with van der Waals surface area (Å²) in [5, 5.41) is 33.6. The van der Waals surface area contributed by atoms with Crippen LogP contribution in [0.15, 0.2) is 42.9 Å². The van der Waals surface area contributed by atoms with Crippen LogP contribution >= 0.6 is 0 Å². The number of carbonyl (C=O) groups is 3. The van der Waals surface area contributed by atoms with E-state index in [1.807, 2.05) is 65.9 Å². The van der Waals surface area contributed by atoms with Crippen molar-refractivity contribution in [2.45, 2.75) is 191 Å². The molecule has 4 aliphatic heterocycles. The highest BCUT2D eigenvalue weighted by Crippen LogP contribution is 2.51. The van der Waals surface area contributed by atoms with Crippen LogP contribution in [0.25, 0.3) is 11.1 Å². The van der Waals surface area contributed by atoms with Gasteiger partial charge in [0.15, 0.2) is 17.7 Å². The number of aromatic nitrogens is 5. The zero-order valence-corrected chi connectivity index (χ0v) is 52.5. The molecule has 3 aromatic rings. The minimum Gasteiger partial charge on any atom is -0.458 e. The number of alkyl halides is 1. The molecule has 4 aliphatic rings. The highest BCUT2D eigenvalue weighted by atomic mass is 19.1. The Balaban J connectivity index is 1.18. The van der Waals surface area contributed by atoms with Gasteiger partial charge in [-0.1, -0.05) is 64.1 Å². The number of hydrogen-bond acceptors (Lipinski definition) is 21. The van der Waals surface area contributed by atoms with E-state index in [1.54, 1.807) is 67.4 Å². The molecule has 0 radical (unpaired) electrons. The molecule has 1 amide bonds.